The Labute approximate surface area is 124 Å². The molecule has 0 unspecified atom stereocenters. The predicted octanol–water partition coefficient (Wildman–Crippen LogP) is 1.35. The van der Waals surface area contributed by atoms with Crippen LogP contribution in [0, 0.1) is 5.82 Å². The summed E-state index contributed by atoms with van der Waals surface area (Å²) in [6, 6.07) is 4.63. The smallest absolute Gasteiger partial charge is 0.326 e. The fourth-order valence-electron chi connectivity index (χ4n) is 1.46. The lowest BCUT2D eigenvalue weighted by atomic mass is 10.2. The molecule has 21 heavy (non-hydrogen) atoms. The Bertz CT molecular complexity index is 537. The number of carbonyl (C=O) groups is 3. The Morgan fingerprint density at radius 1 is 1.24 bits per heavy atom. The van der Waals surface area contributed by atoms with E-state index in [9.17, 15) is 18.8 Å². The zero-order valence-electron chi connectivity index (χ0n) is 10.9. The number of carbonyl (C=O) groups excluding carboxylic acids is 1. The summed E-state index contributed by atoms with van der Waals surface area (Å²) in [5.41, 5.74) is 0. The molecule has 0 saturated heterocycles. The molecule has 1 amide bonds. The van der Waals surface area contributed by atoms with Crippen molar-refractivity contribution in [3.8, 4) is 0 Å². The molecule has 1 aromatic rings. The van der Waals surface area contributed by atoms with E-state index in [0.717, 1.165) is 11.8 Å². The van der Waals surface area contributed by atoms with Crippen LogP contribution in [0.1, 0.15) is 12.8 Å². The Hall–Kier alpha value is -2.09. The molecular formula is C13H14FNO5S. The van der Waals surface area contributed by atoms with Crippen molar-refractivity contribution in [2.75, 3.05) is 5.75 Å². The molecule has 3 N–H and O–H groups in total. The van der Waals surface area contributed by atoms with E-state index in [1.54, 1.807) is 18.2 Å². The zero-order chi connectivity index (χ0) is 15.8. The number of amides is 1. The number of carboxylic acid groups (broad SMARTS) is 2. The highest BCUT2D eigenvalue weighted by Gasteiger charge is 2.22. The molecule has 0 fully saturated rings. The number of rotatable bonds is 8. The molecule has 0 bridgehead atoms. The summed E-state index contributed by atoms with van der Waals surface area (Å²) < 4.78 is 13.3. The standard InChI is InChI=1S/C13H14FNO5S/c14-8-3-1-2-4-10(8)21-6-5-11(16)15-9(13(19)20)7-12(17)18/h1-4,9H,5-7H2,(H,15,16)(H,17,18)(H,19,20)/t9-/m1/s1. The summed E-state index contributed by atoms with van der Waals surface area (Å²) in [5, 5.41) is 19.4. The van der Waals surface area contributed by atoms with Gasteiger partial charge in [-0.25, -0.2) is 9.18 Å². The van der Waals surface area contributed by atoms with E-state index in [0.29, 0.717) is 4.90 Å². The fourth-order valence-corrected chi connectivity index (χ4v) is 2.34. The third kappa shape index (κ3) is 6.26. The van der Waals surface area contributed by atoms with Crippen molar-refractivity contribution >= 4 is 29.6 Å². The van der Waals surface area contributed by atoms with Crippen LogP contribution in [0.2, 0.25) is 0 Å². The number of nitrogens with one attached hydrogen (secondary N) is 1. The fraction of sp³-hybridized carbons (Fsp3) is 0.308. The van der Waals surface area contributed by atoms with Gasteiger partial charge in [0.25, 0.3) is 0 Å². The number of aliphatic carboxylic acids is 2. The molecular weight excluding hydrogens is 301 g/mol. The van der Waals surface area contributed by atoms with Crippen LogP contribution < -0.4 is 5.32 Å². The average Bonchev–Trinajstić information content (AvgIpc) is 2.39. The molecule has 1 atom stereocenters. The lowest BCUT2D eigenvalue weighted by Gasteiger charge is -2.12. The number of hydrogen-bond acceptors (Lipinski definition) is 4. The van der Waals surface area contributed by atoms with Crippen LogP contribution in [0.4, 0.5) is 4.39 Å². The van der Waals surface area contributed by atoms with Crippen molar-refractivity contribution in [2.24, 2.45) is 0 Å². The van der Waals surface area contributed by atoms with Gasteiger partial charge in [0.1, 0.15) is 11.9 Å². The number of thioether (sulfide) groups is 1. The second-order valence-electron chi connectivity index (χ2n) is 4.09. The number of benzene rings is 1. The minimum Gasteiger partial charge on any atom is -0.481 e. The quantitative estimate of drug-likeness (QED) is 0.626. The summed E-state index contributed by atoms with van der Waals surface area (Å²) in [6.45, 7) is 0. The summed E-state index contributed by atoms with van der Waals surface area (Å²) >= 11 is 1.13. The van der Waals surface area contributed by atoms with Crippen LogP contribution in [0.3, 0.4) is 0 Å². The van der Waals surface area contributed by atoms with Crippen LogP contribution in [-0.4, -0.2) is 39.9 Å². The topological polar surface area (TPSA) is 104 Å². The summed E-state index contributed by atoms with van der Waals surface area (Å²) in [4.78, 5) is 33.2. The minimum atomic E-state index is -1.46. The highest BCUT2D eigenvalue weighted by molar-refractivity contribution is 7.99. The van der Waals surface area contributed by atoms with Gasteiger partial charge in [-0.05, 0) is 12.1 Å². The summed E-state index contributed by atoms with van der Waals surface area (Å²) in [6.07, 6.45) is -0.732. The molecule has 114 valence electrons. The largest absolute Gasteiger partial charge is 0.481 e. The van der Waals surface area contributed by atoms with Gasteiger partial charge in [-0.1, -0.05) is 12.1 Å². The van der Waals surface area contributed by atoms with Gasteiger partial charge in [-0.2, -0.15) is 0 Å². The second kappa shape index (κ2) is 8.25. The van der Waals surface area contributed by atoms with Gasteiger partial charge in [0, 0.05) is 17.1 Å². The molecule has 6 nitrogen and oxygen atoms in total. The van der Waals surface area contributed by atoms with Crippen LogP contribution in [0.5, 0.6) is 0 Å². The molecule has 0 heterocycles. The second-order valence-corrected chi connectivity index (χ2v) is 5.22. The van der Waals surface area contributed by atoms with Gasteiger partial charge in [0.15, 0.2) is 0 Å². The molecule has 0 spiro atoms. The van der Waals surface area contributed by atoms with E-state index in [1.807, 2.05) is 0 Å². The van der Waals surface area contributed by atoms with Gasteiger partial charge in [0.05, 0.1) is 6.42 Å². The van der Waals surface area contributed by atoms with Crippen molar-refractivity contribution < 1.29 is 29.0 Å². The highest BCUT2D eigenvalue weighted by atomic mass is 32.2. The van der Waals surface area contributed by atoms with E-state index in [-0.39, 0.29) is 12.2 Å². The maximum atomic E-state index is 13.3. The molecule has 0 aliphatic rings. The highest BCUT2D eigenvalue weighted by Crippen LogP contribution is 2.21. The Morgan fingerprint density at radius 2 is 1.90 bits per heavy atom. The summed E-state index contributed by atoms with van der Waals surface area (Å²) in [7, 11) is 0. The molecule has 0 aliphatic heterocycles. The van der Waals surface area contributed by atoms with E-state index >= 15 is 0 Å². The normalized spacial score (nSPS) is 11.7. The van der Waals surface area contributed by atoms with Crippen molar-refractivity contribution in [1.29, 1.82) is 0 Å². The van der Waals surface area contributed by atoms with Crippen LogP contribution in [-0.2, 0) is 14.4 Å². The first kappa shape index (κ1) is 17.0. The van der Waals surface area contributed by atoms with Gasteiger partial charge in [0.2, 0.25) is 5.91 Å². The van der Waals surface area contributed by atoms with E-state index in [4.69, 9.17) is 10.2 Å². The first-order valence-corrected chi connectivity index (χ1v) is 7.00. The lowest BCUT2D eigenvalue weighted by Crippen LogP contribution is -2.42. The number of hydrogen-bond donors (Lipinski definition) is 3. The van der Waals surface area contributed by atoms with Crippen molar-refractivity contribution in [2.45, 2.75) is 23.8 Å². The lowest BCUT2D eigenvalue weighted by molar-refractivity contribution is -0.147. The Balaban J connectivity index is 2.41. The molecule has 1 rings (SSSR count). The first-order chi connectivity index (χ1) is 9.90. The van der Waals surface area contributed by atoms with Crippen molar-refractivity contribution in [3.05, 3.63) is 30.1 Å². The first-order valence-electron chi connectivity index (χ1n) is 6.01. The third-order valence-electron chi connectivity index (χ3n) is 2.44. The Morgan fingerprint density at radius 3 is 2.48 bits per heavy atom. The number of halogens is 1. The third-order valence-corrected chi connectivity index (χ3v) is 3.49. The van der Waals surface area contributed by atoms with Gasteiger partial charge in [-0.3, -0.25) is 9.59 Å². The molecule has 0 radical (unpaired) electrons. The van der Waals surface area contributed by atoms with Crippen LogP contribution in [0.15, 0.2) is 29.2 Å². The van der Waals surface area contributed by atoms with E-state index < -0.39 is 36.1 Å². The van der Waals surface area contributed by atoms with E-state index in [2.05, 4.69) is 5.32 Å². The van der Waals surface area contributed by atoms with Gasteiger partial charge >= 0.3 is 11.9 Å². The molecule has 8 heteroatoms. The van der Waals surface area contributed by atoms with E-state index in [1.165, 1.54) is 6.07 Å². The minimum absolute atomic E-state index is 0.0393. The van der Waals surface area contributed by atoms with Gasteiger partial charge in [-0.15, -0.1) is 11.8 Å². The van der Waals surface area contributed by atoms with Crippen molar-refractivity contribution in [3.63, 3.8) is 0 Å². The zero-order valence-corrected chi connectivity index (χ0v) is 11.7. The van der Waals surface area contributed by atoms with Crippen LogP contribution in [0.25, 0.3) is 0 Å². The monoisotopic (exact) mass is 315 g/mol. The SMILES string of the molecule is O=C(O)C[C@@H](NC(=O)CCSc1ccccc1F)C(=O)O. The average molecular weight is 315 g/mol. The maximum Gasteiger partial charge on any atom is 0.326 e. The predicted molar refractivity (Wildman–Crippen MR) is 73.6 cm³/mol. The van der Waals surface area contributed by atoms with Gasteiger partial charge < -0.3 is 15.5 Å². The molecule has 0 saturated carbocycles. The molecule has 0 aromatic heterocycles. The van der Waals surface area contributed by atoms with Crippen molar-refractivity contribution in [1.82, 2.24) is 5.32 Å². The molecule has 0 aliphatic carbocycles. The van der Waals surface area contributed by atoms with Crippen LogP contribution >= 0.6 is 11.8 Å². The Kier molecular flexibility index (Phi) is 6.67. The summed E-state index contributed by atoms with van der Waals surface area (Å²) in [5.74, 6) is -3.45. The number of carboxylic acids is 2. The maximum absolute atomic E-state index is 13.3. The molecule has 1 aromatic carbocycles.